The summed E-state index contributed by atoms with van der Waals surface area (Å²) in [6.45, 7) is 0.280. The van der Waals surface area contributed by atoms with Crippen molar-refractivity contribution in [3.8, 4) is 0 Å². The number of rotatable bonds is 5. The number of hydrogen-bond acceptors (Lipinski definition) is 4. The van der Waals surface area contributed by atoms with Crippen molar-refractivity contribution in [3.05, 3.63) is 54.4 Å². The summed E-state index contributed by atoms with van der Waals surface area (Å²) >= 11 is 0. The Bertz CT molecular complexity index is 728. The van der Waals surface area contributed by atoms with E-state index >= 15 is 0 Å². The molecule has 1 aromatic heterocycles. The molecule has 3 rings (SSSR count). The van der Waals surface area contributed by atoms with Crippen LogP contribution in [0.5, 0.6) is 0 Å². The summed E-state index contributed by atoms with van der Waals surface area (Å²) in [5, 5.41) is 0. The van der Waals surface area contributed by atoms with E-state index in [-0.39, 0.29) is 23.2 Å². The van der Waals surface area contributed by atoms with E-state index in [0.717, 1.165) is 18.5 Å². The molecule has 0 bridgehead atoms. The summed E-state index contributed by atoms with van der Waals surface area (Å²) in [4.78, 5) is 4.39. The molecular weight excluding hydrogens is 286 g/mol. The van der Waals surface area contributed by atoms with Gasteiger partial charge in [-0.15, -0.1) is 0 Å². The zero-order valence-electron chi connectivity index (χ0n) is 11.5. The van der Waals surface area contributed by atoms with Crippen molar-refractivity contribution in [3.63, 3.8) is 0 Å². The first-order chi connectivity index (χ1) is 10.1. The van der Waals surface area contributed by atoms with Gasteiger partial charge in [0.2, 0.25) is 10.0 Å². The molecule has 21 heavy (non-hydrogen) atoms. The van der Waals surface area contributed by atoms with Gasteiger partial charge in [-0.2, -0.15) is 4.31 Å². The quantitative estimate of drug-likeness (QED) is 0.857. The summed E-state index contributed by atoms with van der Waals surface area (Å²) in [5.41, 5.74) is 6.86. The number of para-hydroxylation sites is 1. The number of aromatic nitrogens is 1. The SMILES string of the molecule is Nc1ccccc1S(=O)(=O)N(Cc1ccccn1)C1CC1. The Balaban J connectivity index is 1.96. The van der Waals surface area contributed by atoms with E-state index in [0.29, 0.717) is 0 Å². The fraction of sp³-hybridized carbons (Fsp3) is 0.267. The molecule has 110 valence electrons. The molecule has 0 aliphatic heterocycles. The lowest BCUT2D eigenvalue weighted by Crippen LogP contribution is -2.33. The molecule has 0 amide bonds. The zero-order valence-corrected chi connectivity index (χ0v) is 12.3. The van der Waals surface area contributed by atoms with Crippen molar-refractivity contribution < 1.29 is 8.42 Å². The minimum Gasteiger partial charge on any atom is -0.398 e. The van der Waals surface area contributed by atoms with E-state index in [9.17, 15) is 8.42 Å². The smallest absolute Gasteiger partial charge is 0.245 e. The van der Waals surface area contributed by atoms with E-state index < -0.39 is 10.0 Å². The predicted molar refractivity (Wildman–Crippen MR) is 80.8 cm³/mol. The van der Waals surface area contributed by atoms with Gasteiger partial charge in [0.15, 0.2) is 0 Å². The number of nitrogens with zero attached hydrogens (tertiary/aromatic N) is 2. The summed E-state index contributed by atoms with van der Waals surface area (Å²) < 4.78 is 27.2. The first-order valence-corrected chi connectivity index (χ1v) is 8.29. The van der Waals surface area contributed by atoms with Gasteiger partial charge in [-0.25, -0.2) is 8.42 Å². The lowest BCUT2D eigenvalue weighted by molar-refractivity contribution is 0.394. The Morgan fingerprint density at radius 3 is 2.48 bits per heavy atom. The van der Waals surface area contributed by atoms with Crippen LogP contribution in [0.4, 0.5) is 5.69 Å². The van der Waals surface area contributed by atoms with Crippen molar-refractivity contribution in [2.24, 2.45) is 0 Å². The number of hydrogen-bond donors (Lipinski definition) is 1. The summed E-state index contributed by atoms with van der Waals surface area (Å²) in [5.74, 6) is 0. The van der Waals surface area contributed by atoms with Crippen LogP contribution in [0.2, 0.25) is 0 Å². The van der Waals surface area contributed by atoms with Gasteiger partial charge in [0.1, 0.15) is 4.90 Å². The maximum absolute atomic E-state index is 12.9. The Morgan fingerprint density at radius 2 is 1.86 bits per heavy atom. The molecule has 0 saturated heterocycles. The van der Waals surface area contributed by atoms with E-state index in [1.165, 1.54) is 4.31 Å². The minimum atomic E-state index is -3.60. The molecule has 1 aromatic carbocycles. The molecule has 2 N–H and O–H groups in total. The predicted octanol–water partition coefficient (Wildman–Crippen LogP) is 2.02. The number of pyridine rings is 1. The van der Waals surface area contributed by atoms with Crippen molar-refractivity contribution in [1.29, 1.82) is 0 Å². The Kier molecular flexibility index (Phi) is 3.65. The standard InChI is InChI=1S/C15H17N3O2S/c16-14-6-1-2-7-15(14)21(19,20)18(13-8-9-13)11-12-5-3-4-10-17-12/h1-7,10,13H,8-9,11,16H2. The van der Waals surface area contributed by atoms with Crippen molar-refractivity contribution in [2.45, 2.75) is 30.3 Å². The highest BCUT2D eigenvalue weighted by Crippen LogP contribution is 2.34. The summed E-state index contributed by atoms with van der Waals surface area (Å²) in [6, 6.07) is 12.1. The first kappa shape index (κ1) is 14.0. The molecule has 0 atom stereocenters. The van der Waals surface area contributed by atoms with E-state index in [4.69, 9.17) is 5.73 Å². The number of nitrogen functional groups attached to an aromatic ring is 1. The number of benzene rings is 1. The molecule has 0 radical (unpaired) electrons. The average molecular weight is 303 g/mol. The van der Waals surface area contributed by atoms with Gasteiger partial charge in [0, 0.05) is 12.2 Å². The molecular formula is C15H17N3O2S. The van der Waals surface area contributed by atoms with Crippen molar-refractivity contribution in [1.82, 2.24) is 9.29 Å². The van der Waals surface area contributed by atoms with E-state index in [1.54, 1.807) is 30.5 Å². The Hall–Kier alpha value is -1.92. The fourth-order valence-corrected chi connectivity index (χ4v) is 4.04. The third kappa shape index (κ3) is 2.91. The highest BCUT2D eigenvalue weighted by Gasteiger charge is 2.38. The molecule has 1 saturated carbocycles. The van der Waals surface area contributed by atoms with E-state index in [2.05, 4.69) is 4.98 Å². The fourth-order valence-electron chi connectivity index (χ4n) is 2.27. The van der Waals surface area contributed by atoms with Crippen LogP contribution in [0.15, 0.2) is 53.6 Å². The molecule has 1 aliphatic rings. The molecule has 6 heteroatoms. The van der Waals surface area contributed by atoms with Crippen molar-refractivity contribution >= 4 is 15.7 Å². The molecule has 5 nitrogen and oxygen atoms in total. The van der Waals surface area contributed by atoms with Crippen LogP contribution in [0, 0.1) is 0 Å². The van der Waals surface area contributed by atoms with Crippen molar-refractivity contribution in [2.75, 3.05) is 5.73 Å². The topological polar surface area (TPSA) is 76.3 Å². The van der Waals surface area contributed by atoms with Gasteiger partial charge in [-0.3, -0.25) is 4.98 Å². The normalized spacial score (nSPS) is 15.3. The third-order valence-corrected chi connectivity index (χ3v) is 5.48. The van der Waals surface area contributed by atoms with Crippen LogP contribution >= 0.6 is 0 Å². The maximum Gasteiger partial charge on any atom is 0.245 e. The summed E-state index contributed by atoms with van der Waals surface area (Å²) in [7, 11) is -3.60. The largest absolute Gasteiger partial charge is 0.398 e. The van der Waals surface area contributed by atoms with Crippen LogP contribution in [0.3, 0.4) is 0 Å². The Labute approximate surface area is 124 Å². The van der Waals surface area contributed by atoms with Gasteiger partial charge in [0.05, 0.1) is 17.9 Å². The maximum atomic E-state index is 12.9. The zero-order chi connectivity index (χ0) is 14.9. The van der Waals surface area contributed by atoms with Gasteiger partial charge in [0.25, 0.3) is 0 Å². The van der Waals surface area contributed by atoms with Gasteiger partial charge in [-0.1, -0.05) is 18.2 Å². The van der Waals surface area contributed by atoms with Crippen LogP contribution in [-0.2, 0) is 16.6 Å². The van der Waals surface area contributed by atoms with Crippen LogP contribution < -0.4 is 5.73 Å². The van der Waals surface area contributed by atoms with Crippen LogP contribution in [0.1, 0.15) is 18.5 Å². The lowest BCUT2D eigenvalue weighted by Gasteiger charge is -2.22. The van der Waals surface area contributed by atoms with Crippen LogP contribution in [-0.4, -0.2) is 23.7 Å². The van der Waals surface area contributed by atoms with Gasteiger partial charge < -0.3 is 5.73 Å². The second-order valence-corrected chi connectivity index (χ2v) is 7.00. The van der Waals surface area contributed by atoms with Crippen LogP contribution in [0.25, 0.3) is 0 Å². The summed E-state index contributed by atoms with van der Waals surface area (Å²) in [6.07, 6.45) is 3.45. The molecule has 2 aromatic rings. The Morgan fingerprint density at radius 1 is 1.14 bits per heavy atom. The average Bonchev–Trinajstić information content (AvgIpc) is 3.30. The van der Waals surface area contributed by atoms with Gasteiger partial charge >= 0.3 is 0 Å². The molecule has 1 fully saturated rings. The first-order valence-electron chi connectivity index (χ1n) is 6.85. The van der Waals surface area contributed by atoms with E-state index in [1.807, 2.05) is 18.2 Å². The monoisotopic (exact) mass is 303 g/mol. The van der Waals surface area contributed by atoms with Gasteiger partial charge in [-0.05, 0) is 37.1 Å². The molecule has 0 unspecified atom stereocenters. The minimum absolute atomic E-state index is 0.0524. The molecule has 1 aliphatic carbocycles. The second kappa shape index (κ2) is 5.46. The lowest BCUT2D eigenvalue weighted by atomic mass is 10.3. The highest BCUT2D eigenvalue weighted by molar-refractivity contribution is 7.89. The number of anilines is 1. The highest BCUT2D eigenvalue weighted by atomic mass is 32.2. The third-order valence-electron chi connectivity index (χ3n) is 3.50. The second-order valence-electron chi connectivity index (χ2n) is 5.14. The number of nitrogens with two attached hydrogens (primary N) is 1. The molecule has 1 heterocycles. The molecule has 0 spiro atoms. The number of sulfonamides is 1.